The predicted molar refractivity (Wildman–Crippen MR) is 201 cm³/mol. The maximum absolute atomic E-state index is 13.7. The number of carbonyl (C=O) groups is 1. The Morgan fingerprint density at radius 3 is 2.59 bits per heavy atom. The summed E-state index contributed by atoms with van der Waals surface area (Å²) in [5.74, 6) is 3.83. The van der Waals surface area contributed by atoms with Crippen LogP contribution in [0.25, 0.3) is 21.8 Å². The summed E-state index contributed by atoms with van der Waals surface area (Å²) in [7, 11) is 0. The third-order valence-electron chi connectivity index (χ3n) is 15.9. The van der Waals surface area contributed by atoms with Crippen molar-refractivity contribution < 1.29 is 18.8 Å². The second-order valence-corrected chi connectivity index (χ2v) is 18.3. The number of aromatic nitrogens is 2. The second kappa shape index (κ2) is 11.6. The molecular weight excluding hydrogens is 629 g/mol. The normalized spacial score (nSPS) is 40.1. The van der Waals surface area contributed by atoms with Crippen LogP contribution in [0.15, 0.2) is 84.7 Å². The summed E-state index contributed by atoms with van der Waals surface area (Å²) < 4.78 is 18.3. The first-order chi connectivity index (χ1) is 24.7. The van der Waals surface area contributed by atoms with E-state index in [4.69, 9.17) is 9.47 Å². The van der Waals surface area contributed by atoms with E-state index in [0.29, 0.717) is 41.9 Å². The molecule has 1 aromatic heterocycles. The van der Waals surface area contributed by atoms with Gasteiger partial charge in [0.25, 0.3) is 0 Å². The first-order valence-corrected chi connectivity index (χ1v) is 20.2. The monoisotopic (exact) mass is 683 g/mol. The molecule has 5 fully saturated rings. The number of fused-ring (bicyclic) bond motifs is 9. The number of ketones is 1. The van der Waals surface area contributed by atoms with Gasteiger partial charge in [-0.15, -0.1) is 0 Å². The third kappa shape index (κ3) is 4.79. The Labute approximate surface area is 303 Å². The Hall–Kier alpha value is -3.28. The molecule has 0 amide bonds. The summed E-state index contributed by atoms with van der Waals surface area (Å²) in [6, 6.07) is 23.5. The van der Waals surface area contributed by atoms with E-state index >= 15 is 0 Å². The van der Waals surface area contributed by atoms with Gasteiger partial charge < -0.3 is 9.47 Å². The highest BCUT2D eigenvalue weighted by Gasteiger charge is 2.68. The van der Waals surface area contributed by atoms with Crippen LogP contribution >= 0.6 is 0 Å². The standard InChI is InChI=1S/C46H55N2O3/c1-29-17-22-46(50-27-29)30(2)43-42(51-46)25-38-36-16-15-34-24-35(18-20-44(34,3)37(36)19-21-45(38,43)4)48-28-47(39-11-7-8-12-40(39)48)26-41(49)33-14-13-31-9-5-6-10-32(31)23-33/h5-15,23,28-30,35-38,42-43H,16-22,24-27H2,1-4H3/q+1/t29-,30+,35-,36-,37+,38+,42+,43+,44+,45+,46-/m1/s1. The average molecular weight is 684 g/mol. The fraction of sp³-hybridized carbons (Fsp3) is 0.565. The zero-order valence-corrected chi connectivity index (χ0v) is 31.0. The maximum Gasteiger partial charge on any atom is 0.245 e. The van der Waals surface area contributed by atoms with Gasteiger partial charge in [0.05, 0.1) is 12.7 Å². The van der Waals surface area contributed by atoms with Crippen LogP contribution in [0.1, 0.15) is 102 Å². The van der Waals surface area contributed by atoms with Crippen LogP contribution in [-0.2, 0) is 16.0 Å². The maximum atomic E-state index is 13.7. The molecule has 0 bridgehead atoms. The fourth-order valence-corrected chi connectivity index (χ4v) is 13.1. The highest BCUT2D eigenvalue weighted by Crippen LogP contribution is 2.71. The van der Waals surface area contributed by atoms with E-state index < -0.39 is 0 Å². The highest BCUT2D eigenvalue weighted by atomic mass is 16.7. The van der Waals surface area contributed by atoms with Gasteiger partial charge >= 0.3 is 0 Å². The molecule has 4 aliphatic carbocycles. The van der Waals surface area contributed by atoms with Gasteiger partial charge in [-0.25, -0.2) is 9.13 Å². The van der Waals surface area contributed by atoms with Crippen LogP contribution in [0.4, 0.5) is 0 Å². The number of rotatable bonds is 4. The van der Waals surface area contributed by atoms with Gasteiger partial charge in [0.2, 0.25) is 12.1 Å². The van der Waals surface area contributed by atoms with Crippen LogP contribution in [-0.4, -0.2) is 28.8 Å². The van der Waals surface area contributed by atoms with Crippen molar-refractivity contribution in [2.24, 2.45) is 46.3 Å². The molecule has 266 valence electrons. The smallest absolute Gasteiger partial charge is 0.245 e. The molecule has 11 atom stereocenters. The van der Waals surface area contributed by atoms with Crippen molar-refractivity contribution in [2.75, 3.05) is 6.61 Å². The summed E-state index contributed by atoms with van der Waals surface area (Å²) in [6.45, 7) is 11.3. The lowest BCUT2D eigenvalue weighted by molar-refractivity contribution is -0.658. The van der Waals surface area contributed by atoms with E-state index in [1.807, 2.05) is 24.3 Å². The van der Waals surface area contributed by atoms with E-state index in [1.165, 1.54) is 55.8 Å². The van der Waals surface area contributed by atoms with E-state index in [0.717, 1.165) is 53.7 Å². The molecule has 0 unspecified atom stereocenters. The van der Waals surface area contributed by atoms with Crippen molar-refractivity contribution in [3.8, 4) is 0 Å². The molecule has 0 radical (unpaired) electrons. The number of benzene rings is 3. The Bertz CT molecular complexity index is 2050. The summed E-state index contributed by atoms with van der Waals surface area (Å²) in [4.78, 5) is 13.7. The zero-order chi connectivity index (χ0) is 34.7. The minimum atomic E-state index is -0.332. The van der Waals surface area contributed by atoms with Crippen LogP contribution in [0.2, 0.25) is 0 Å². The van der Waals surface area contributed by atoms with Gasteiger partial charge in [-0.3, -0.25) is 4.79 Å². The number of carbonyl (C=O) groups excluding carboxylic acids is 1. The number of allylic oxidation sites excluding steroid dienone is 2. The van der Waals surface area contributed by atoms with Crippen LogP contribution in [0, 0.1) is 46.3 Å². The SMILES string of the molecule is C[C@@H]1CC[C@@]2(OC1)O[C@H]1C[C@H]3[C@@H]4CC=C5C[C@H](n6c[n+](CC(=O)c7ccc8ccccc8c7)c7ccccc76)CC[C@]5(C)[C@H]4CC[C@]3(C)[C@H]1[C@@H]2C. The lowest BCUT2D eigenvalue weighted by Gasteiger charge is -2.58. The Balaban J connectivity index is 0.891. The molecule has 2 aliphatic heterocycles. The fourth-order valence-electron chi connectivity index (χ4n) is 13.1. The average Bonchev–Trinajstić information content (AvgIpc) is 3.75. The predicted octanol–water partition coefficient (Wildman–Crippen LogP) is 9.87. The van der Waals surface area contributed by atoms with Crippen molar-refractivity contribution in [2.45, 2.75) is 110 Å². The minimum absolute atomic E-state index is 0.155. The van der Waals surface area contributed by atoms with Crippen molar-refractivity contribution in [1.82, 2.24) is 4.57 Å². The number of Topliss-reactive ketones (excluding diaryl/α,β-unsaturated/α-hetero) is 1. The molecule has 3 saturated carbocycles. The van der Waals surface area contributed by atoms with Gasteiger partial charge in [0, 0.05) is 24.3 Å². The summed E-state index contributed by atoms with van der Waals surface area (Å²) in [5, 5.41) is 2.28. The quantitative estimate of drug-likeness (QED) is 0.122. The molecule has 4 aromatic rings. The molecule has 1 spiro atoms. The topological polar surface area (TPSA) is 44.3 Å². The Morgan fingerprint density at radius 2 is 1.75 bits per heavy atom. The number of imidazole rings is 1. The molecule has 0 N–H and O–H groups in total. The largest absolute Gasteiger partial charge is 0.349 e. The first kappa shape index (κ1) is 32.4. The summed E-state index contributed by atoms with van der Waals surface area (Å²) in [5.41, 5.74) is 5.48. The van der Waals surface area contributed by atoms with E-state index in [9.17, 15) is 4.79 Å². The Morgan fingerprint density at radius 1 is 0.922 bits per heavy atom. The van der Waals surface area contributed by atoms with Crippen LogP contribution in [0.3, 0.4) is 0 Å². The molecule has 5 nitrogen and oxygen atoms in total. The molecule has 2 saturated heterocycles. The van der Waals surface area contributed by atoms with Crippen molar-refractivity contribution in [1.29, 1.82) is 0 Å². The number of para-hydroxylation sites is 2. The van der Waals surface area contributed by atoms with Gasteiger partial charge in [0.1, 0.15) is 6.04 Å². The van der Waals surface area contributed by atoms with Gasteiger partial charge in [0.15, 0.2) is 23.4 Å². The van der Waals surface area contributed by atoms with Gasteiger partial charge in [-0.05, 0) is 114 Å². The number of nitrogens with zero attached hydrogens (tertiary/aromatic N) is 2. The zero-order valence-electron chi connectivity index (χ0n) is 31.0. The molecule has 6 aliphatic rings. The van der Waals surface area contributed by atoms with Crippen molar-refractivity contribution in [3.63, 3.8) is 0 Å². The highest BCUT2D eigenvalue weighted by molar-refractivity contribution is 5.99. The van der Waals surface area contributed by atoms with Crippen molar-refractivity contribution in [3.05, 3.63) is 90.3 Å². The van der Waals surface area contributed by atoms with E-state index in [2.05, 4.69) is 91.7 Å². The van der Waals surface area contributed by atoms with E-state index in [-0.39, 0.29) is 17.0 Å². The Kier molecular flexibility index (Phi) is 7.37. The lowest BCUT2D eigenvalue weighted by atomic mass is 9.46. The molecular formula is C46H55N2O3+. The van der Waals surface area contributed by atoms with Gasteiger partial charge in [-0.2, -0.15) is 0 Å². The number of hydrogen-bond donors (Lipinski definition) is 0. The molecule has 10 rings (SSSR count). The summed E-state index contributed by atoms with van der Waals surface area (Å²) in [6.07, 6.45) is 16.3. The molecule has 5 heteroatoms. The van der Waals surface area contributed by atoms with E-state index in [1.54, 1.807) is 5.57 Å². The molecule has 3 heterocycles. The minimum Gasteiger partial charge on any atom is -0.349 e. The van der Waals surface area contributed by atoms with Crippen molar-refractivity contribution >= 4 is 27.6 Å². The van der Waals surface area contributed by atoms with Gasteiger partial charge in [-0.1, -0.05) is 87.9 Å². The van der Waals surface area contributed by atoms with Crippen LogP contribution < -0.4 is 4.57 Å². The lowest BCUT2D eigenvalue weighted by Crippen LogP contribution is -2.52. The third-order valence-corrected chi connectivity index (χ3v) is 15.9. The van der Waals surface area contributed by atoms with Crippen LogP contribution in [0.5, 0.6) is 0 Å². The second-order valence-electron chi connectivity index (χ2n) is 18.3. The molecule has 3 aromatic carbocycles. The first-order valence-electron chi connectivity index (χ1n) is 20.2. The number of hydrogen-bond acceptors (Lipinski definition) is 3. The summed E-state index contributed by atoms with van der Waals surface area (Å²) >= 11 is 0. The molecule has 51 heavy (non-hydrogen) atoms. The number of ether oxygens (including phenoxy) is 2.